The number of hydrogen-bond donors (Lipinski definition) is 1. The number of amides is 2. The minimum atomic E-state index is -0.488. The van der Waals surface area contributed by atoms with Crippen molar-refractivity contribution >= 4 is 11.8 Å². The second-order valence-electron chi connectivity index (χ2n) is 8.10. The minimum Gasteiger partial charge on any atom is -0.352 e. The third kappa shape index (κ3) is 5.93. The SMILES string of the molecule is Cc1ccccc1CN(C(=O)CCc1ccccc1)C(C)C(=O)NC1CCCC1. The molecule has 0 heterocycles. The Balaban J connectivity index is 1.71. The van der Waals surface area contributed by atoms with Gasteiger partial charge in [0, 0.05) is 19.0 Å². The smallest absolute Gasteiger partial charge is 0.242 e. The number of benzene rings is 2. The maximum Gasteiger partial charge on any atom is 0.242 e. The summed E-state index contributed by atoms with van der Waals surface area (Å²) in [7, 11) is 0. The van der Waals surface area contributed by atoms with Gasteiger partial charge in [-0.15, -0.1) is 0 Å². The van der Waals surface area contributed by atoms with Gasteiger partial charge in [0.05, 0.1) is 0 Å². The van der Waals surface area contributed by atoms with E-state index in [9.17, 15) is 9.59 Å². The van der Waals surface area contributed by atoms with E-state index in [-0.39, 0.29) is 17.9 Å². The van der Waals surface area contributed by atoms with E-state index in [0.29, 0.717) is 19.4 Å². The quantitative estimate of drug-likeness (QED) is 0.724. The Kier molecular flexibility index (Phi) is 7.45. The zero-order valence-corrected chi connectivity index (χ0v) is 17.6. The maximum atomic E-state index is 13.2. The second-order valence-corrected chi connectivity index (χ2v) is 8.10. The van der Waals surface area contributed by atoms with Gasteiger partial charge in [0.2, 0.25) is 11.8 Å². The summed E-state index contributed by atoms with van der Waals surface area (Å²) < 4.78 is 0. The maximum absolute atomic E-state index is 13.2. The number of nitrogens with one attached hydrogen (secondary N) is 1. The first-order chi connectivity index (χ1) is 14.0. The second kappa shape index (κ2) is 10.2. The van der Waals surface area contributed by atoms with Gasteiger partial charge in [-0.1, -0.05) is 67.4 Å². The summed E-state index contributed by atoms with van der Waals surface area (Å²) in [6.07, 6.45) is 5.50. The van der Waals surface area contributed by atoms with Gasteiger partial charge in [-0.2, -0.15) is 0 Å². The molecule has 4 heteroatoms. The molecule has 4 nitrogen and oxygen atoms in total. The lowest BCUT2D eigenvalue weighted by atomic mass is 10.1. The Bertz CT molecular complexity index is 813. The van der Waals surface area contributed by atoms with Gasteiger partial charge in [0.25, 0.3) is 0 Å². The number of aryl methyl sites for hydroxylation is 2. The van der Waals surface area contributed by atoms with E-state index in [2.05, 4.69) is 5.32 Å². The topological polar surface area (TPSA) is 49.4 Å². The molecule has 1 aliphatic carbocycles. The first-order valence-corrected chi connectivity index (χ1v) is 10.7. The van der Waals surface area contributed by atoms with E-state index in [4.69, 9.17) is 0 Å². The average molecular weight is 393 g/mol. The first-order valence-electron chi connectivity index (χ1n) is 10.7. The molecule has 0 spiro atoms. The van der Waals surface area contributed by atoms with Crippen molar-refractivity contribution in [2.45, 2.75) is 71.0 Å². The first kappa shape index (κ1) is 21.1. The lowest BCUT2D eigenvalue weighted by Gasteiger charge is -2.30. The van der Waals surface area contributed by atoms with Gasteiger partial charge in [-0.3, -0.25) is 9.59 Å². The molecule has 0 radical (unpaired) electrons. The fraction of sp³-hybridized carbons (Fsp3) is 0.440. The molecule has 1 unspecified atom stereocenters. The molecule has 0 bridgehead atoms. The van der Waals surface area contributed by atoms with Gasteiger partial charge in [0.15, 0.2) is 0 Å². The van der Waals surface area contributed by atoms with Crippen LogP contribution in [0, 0.1) is 6.92 Å². The number of carbonyl (C=O) groups excluding carboxylic acids is 2. The molecule has 0 saturated heterocycles. The number of hydrogen-bond acceptors (Lipinski definition) is 2. The zero-order valence-electron chi connectivity index (χ0n) is 17.6. The van der Waals surface area contributed by atoms with Crippen molar-refractivity contribution in [1.29, 1.82) is 0 Å². The Labute approximate surface area is 174 Å². The average Bonchev–Trinajstić information content (AvgIpc) is 3.24. The molecular weight excluding hydrogens is 360 g/mol. The summed E-state index contributed by atoms with van der Waals surface area (Å²) in [4.78, 5) is 27.8. The van der Waals surface area contributed by atoms with Crippen LogP contribution in [0.3, 0.4) is 0 Å². The monoisotopic (exact) mass is 392 g/mol. The van der Waals surface area contributed by atoms with Gasteiger partial charge in [-0.25, -0.2) is 0 Å². The van der Waals surface area contributed by atoms with Crippen molar-refractivity contribution in [2.75, 3.05) is 0 Å². The standard InChI is InChI=1S/C25H32N2O2/c1-19-10-6-7-13-22(19)18-27(20(2)25(29)26-23-14-8-9-15-23)24(28)17-16-21-11-4-3-5-12-21/h3-7,10-13,20,23H,8-9,14-18H2,1-2H3,(H,26,29). The van der Waals surface area contributed by atoms with Crippen LogP contribution in [0.2, 0.25) is 0 Å². The highest BCUT2D eigenvalue weighted by Gasteiger charge is 2.28. The fourth-order valence-electron chi connectivity index (χ4n) is 3.99. The highest BCUT2D eigenvalue weighted by atomic mass is 16.2. The summed E-state index contributed by atoms with van der Waals surface area (Å²) in [6.45, 7) is 4.35. The normalized spacial score (nSPS) is 15.1. The van der Waals surface area contributed by atoms with Crippen LogP contribution in [0.5, 0.6) is 0 Å². The molecule has 2 amide bonds. The molecule has 1 aliphatic rings. The molecular formula is C25H32N2O2. The van der Waals surface area contributed by atoms with E-state index in [1.165, 1.54) is 12.8 Å². The predicted molar refractivity (Wildman–Crippen MR) is 116 cm³/mol. The minimum absolute atomic E-state index is 0.0196. The molecule has 3 rings (SSSR count). The highest BCUT2D eigenvalue weighted by molar-refractivity contribution is 5.87. The fourth-order valence-corrected chi connectivity index (χ4v) is 3.99. The van der Waals surface area contributed by atoms with Crippen LogP contribution in [-0.4, -0.2) is 28.8 Å². The highest BCUT2D eigenvalue weighted by Crippen LogP contribution is 2.19. The van der Waals surface area contributed by atoms with Crippen molar-refractivity contribution in [2.24, 2.45) is 0 Å². The molecule has 29 heavy (non-hydrogen) atoms. The molecule has 1 N–H and O–H groups in total. The molecule has 1 fully saturated rings. The third-order valence-electron chi connectivity index (χ3n) is 5.94. The van der Waals surface area contributed by atoms with Gasteiger partial charge >= 0.3 is 0 Å². The summed E-state index contributed by atoms with van der Waals surface area (Å²) in [6, 6.07) is 17.9. The van der Waals surface area contributed by atoms with Crippen LogP contribution in [0.15, 0.2) is 54.6 Å². The van der Waals surface area contributed by atoms with Crippen LogP contribution in [0.4, 0.5) is 0 Å². The Morgan fingerprint density at radius 1 is 1.03 bits per heavy atom. The molecule has 154 valence electrons. The Morgan fingerprint density at radius 3 is 2.38 bits per heavy atom. The van der Waals surface area contributed by atoms with E-state index in [1.54, 1.807) is 4.90 Å². The molecule has 2 aromatic carbocycles. The molecule has 0 aromatic heterocycles. The Morgan fingerprint density at radius 2 is 1.69 bits per heavy atom. The predicted octanol–water partition coefficient (Wildman–Crippen LogP) is 4.40. The van der Waals surface area contributed by atoms with Crippen LogP contribution in [0.1, 0.15) is 55.7 Å². The lowest BCUT2D eigenvalue weighted by molar-refractivity contribution is -0.140. The zero-order chi connectivity index (χ0) is 20.6. The van der Waals surface area contributed by atoms with Gasteiger partial charge < -0.3 is 10.2 Å². The van der Waals surface area contributed by atoms with Crippen LogP contribution in [-0.2, 0) is 22.6 Å². The van der Waals surface area contributed by atoms with E-state index in [1.807, 2.05) is 68.4 Å². The lowest BCUT2D eigenvalue weighted by Crippen LogP contribution is -2.49. The van der Waals surface area contributed by atoms with Crippen LogP contribution in [0.25, 0.3) is 0 Å². The van der Waals surface area contributed by atoms with Crippen molar-refractivity contribution in [3.8, 4) is 0 Å². The summed E-state index contributed by atoms with van der Waals surface area (Å²) in [5, 5.41) is 3.16. The van der Waals surface area contributed by atoms with Gasteiger partial charge in [0.1, 0.15) is 6.04 Å². The van der Waals surface area contributed by atoms with E-state index in [0.717, 1.165) is 29.5 Å². The molecule has 1 saturated carbocycles. The van der Waals surface area contributed by atoms with Crippen molar-refractivity contribution in [3.63, 3.8) is 0 Å². The van der Waals surface area contributed by atoms with Gasteiger partial charge in [-0.05, 0) is 49.8 Å². The number of carbonyl (C=O) groups is 2. The third-order valence-corrected chi connectivity index (χ3v) is 5.94. The number of nitrogens with zero attached hydrogens (tertiary/aromatic N) is 1. The van der Waals surface area contributed by atoms with Crippen molar-refractivity contribution in [1.82, 2.24) is 10.2 Å². The van der Waals surface area contributed by atoms with Crippen molar-refractivity contribution < 1.29 is 9.59 Å². The summed E-state index contributed by atoms with van der Waals surface area (Å²) in [5.74, 6) is -0.0234. The number of rotatable bonds is 8. The van der Waals surface area contributed by atoms with Crippen LogP contribution < -0.4 is 5.32 Å². The molecule has 2 aromatic rings. The van der Waals surface area contributed by atoms with Crippen LogP contribution >= 0.6 is 0 Å². The Hall–Kier alpha value is -2.62. The summed E-state index contributed by atoms with van der Waals surface area (Å²) >= 11 is 0. The van der Waals surface area contributed by atoms with Crippen molar-refractivity contribution in [3.05, 3.63) is 71.3 Å². The largest absolute Gasteiger partial charge is 0.352 e. The van der Waals surface area contributed by atoms with E-state index >= 15 is 0 Å². The van der Waals surface area contributed by atoms with E-state index < -0.39 is 6.04 Å². The molecule has 0 aliphatic heterocycles. The molecule has 1 atom stereocenters. The summed E-state index contributed by atoms with van der Waals surface area (Å²) in [5.41, 5.74) is 3.36.